The van der Waals surface area contributed by atoms with Crippen LogP contribution < -0.4 is 4.90 Å². The van der Waals surface area contributed by atoms with Crippen LogP contribution in [0.1, 0.15) is 23.7 Å². The Morgan fingerprint density at radius 2 is 2.26 bits per heavy atom. The molecule has 1 aliphatic rings. The molecule has 19 heavy (non-hydrogen) atoms. The topological polar surface area (TPSA) is 72.4 Å². The van der Waals surface area contributed by atoms with Crippen LogP contribution in [0.15, 0.2) is 12.4 Å². The van der Waals surface area contributed by atoms with E-state index in [9.17, 15) is 9.59 Å². The van der Waals surface area contributed by atoms with Gasteiger partial charge in [0.1, 0.15) is 0 Å². The zero-order valence-corrected chi connectivity index (χ0v) is 10.5. The summed E-state index contributed by atoms with van der Waals surface area (Å²) in [5.41, 5.74) is 0.255. The average molecular weight is 259 g/mol. The first kappa shape index (κ1) is 13.0. The molecule has 0 radical (unpaired) electrons. The molecule has 1 fully saturated rings. The van der Waals surface area contributed by atoms with Gasteiger partial charge in [0.2, 0.25) is 11.9 Å². The average Bonchev–Trinajstić information content (AvgIpc) is 2.80. The summed E-state index contributed by atoms with van der Waals surface area (Å²) in [6.07, 6.45) is 8.30. The molecule has 2 heterocycles. The summed E-state index contributed by atoms with van der Waals surface area (Å²) in [7, 11) is 0. The van der Waals surface area contributed by atoms with Crippen molar-refractivity contribution in [3.8, 4) is 12.3 Å². The lowest BCUT2D eigenvalue weighted by molar-refractivity contribution is -0.117. The van der Waals surface area contributed by atoms with Crippen LogP contribution in [0.5, 0.6) is 0 Å². The van der Waals surface area contributed by atoms with Gasteiger partial charge in [0.05, 0.1) is 12.2 Å². The predicted molar refractivity (Wildman–Crippen MR) is 67.3 cm³/mol. The molecule has 1 atom stereocenters. The SMILES string of the molecule is C#CC1CC(=O)N(c2ncc(C(=O)OCC)cn2)C1. The fourth-order valence-corrected chi connectivity index (χ4v) is 1.79. The van der Waals surface area contributed by atoms with Crippen molar-refractivity contribution in [2.45, 2.75) is 13.3 Å². The van der Waals surface area contributed by atoms with E-state index in [4.69, 9.17) is 11.2 Å². The Morgan fingerprint density at radius 1 is 1.58 bits per heavy atom. The number of hydrogen-bond acceptors (Lipinski definition) is 5. The standard InChI is InChI=1S/C13H13N3O3/c1-3-9-5-11(17)16(8-9)13-14-6-10(7-15-13)12(18)19-4-2/h1,6-7,9H,4-5,8H2,2H3. The molecule has 0 aliphatic carbocycles. The second-order valence-electron chi connectivity index (χ2n) is 4.06. The second kappa shape index (κ2) is 5.48. The summed E-state index contributed by atoms with van der Waals surface area (Å²) in [4.78, 5) is 32.6. The normalized spacial score (nSPS) is 18.2. The first-order valence-electron chi connectivity index (χ1n) is 5.91. The van der Waals surface area contributed by atoms with Crippen molar-refractivity contribution >= 4 is 17.8 Å². The van der Waals surface area contributed by atoms with Crippen LogP contribution in [0.25, 0.3) is 0 Å². The van der Waals surface area contributed by atoms with Gasteiger partial charge in [0.25, 0.3) is 0 Å². The molecule has 6 nitrogen and oxygen atoms in total. The number of terminal acetylenes is 1. The number of anilines is 1. The number of nitrogens with zero attached hydrogens (tertiary/aromatic N) is 3. The third kappa shape index (κ3) is 2.71. The maximum absolute atomic E-state index is 11.7. The van der Waals surface area contributed by atoms with Crippen molar-refractivity contribution in [1.29, 1.82) is 0 Å². The summed E-state index contributed by atoms with van der Waals surface area (Å²) < 4.78 is 4.82. The molecule has 1 aliphatic heterocycles. The van der Waals surface area contributed by atoms with Gasteiger partial charge in [-0.3, -0.25) is 9.69 Å². The zero-order chi connectivity index (χ0) is 13.8. The van der Waals surface area contributed by atoms with Crippen LogP contribution in [-0.2, 0) is 9.53 Å². The first-order valence-corrected chi connectivity index (χ1v) is 5.91. The molecular formula is C13H13N3O3. The smallest absolute Gasteiger partial charge is 0.341 e. The Labute approximate surface area is 110 Å². The van der Waals surface area contributed by atoms with Crippen molar-refractivity contribution in [3.05, 3.63) is 18.0 Å². The highest BCUT2D eigenvalue weighted by molar-refractivity contribution is 5.94. The highest BCUT2D eigenvalue weighted by atomic mass is 16.5. The van der Waals surface area contributed by atoms with Crippen LogP contribution in [0.4, 0.5) is 5.95 Å². The van der Waals surface area contributed by atoms with Gasteiger partial charge in [-0.1, -0.05) is 0 Å². The molecule has 2 rings (SSSR count). The van der Waals surface area contributed by atoms with E-state index in [2.05, 4.69) is 15.9 Å². The molecule has 0 N–H and O–H groups in total. The van der Waals surface area contributed by atoms with Crippen LogP contribution in [0.3, 0.4) is 0 Å². The third-order valence-corrected chi connectivity index (χ3v) is 2.75. The van der Waals surface area contributed by atoms with Crippen molar-refractivity contribution in [3.63, 3.8) is 0 Å². The quantitative estimate of drug-likeness (QED) is 0.588. The largest absolute Gasteiger partial charge is 0.462 e. The molecule has 1 aromatic rings. The van der Waals surface area contributed by atoms with Gasteiger partial charge in [-0.05, 0) is 6.92 Å². The Bertz CT molecular complexity index is 533. The lowest BCUT2D eigenvalue weighted by Crippen LogP contribution is -2.26. The van der Waals surface area contributed by atoms with E-state index >= 15 is 0 Å². The molecule has 1 aromatic heterocycles. The number of aromatic nitrogens is 2. The van der Waals surface area contributed by atoms with Gasteiger partial charge in [0, 0.05) is 31.3 Å². The monoisotopic (exact) mass is 259 g/mol. The minimum Gasteiger partial charge on any atom is -0.462 e. The zero-order valence-electron chi connectivity index (χ0n) is 10.5. The number of ether oxygens (including phenoxy) is 1. The maximum atomic E-state index is 11.7. The van der Waals surface area contributed by atoms with Crippen LogP contribution >= 0.6 is 0 Å². The first-order chi connectivity index (χ1) is 9.15. The Hall–Kier alpha value is -2.42. The summed E-state index contributed by atoms with van der Waals surface area (Å²) in [5.74, 6) is 2.11. The molecule has 0 saturated carbocycles. The van der Waals surface area contributed by atoms with Crippen molar-refractivity contribution in [1.82, 2.24) is 9.97 Å². The summed E-state index contributed by atoms with van der Waals surface area (Å²) >= 11 is 0. The molecule has 1 amide bonds. The molecular weight excluding hydrogens is 246 g/mol. The summed E-state index contributed by atoms with van der Waals surface area (Å²) in [5, 5.41) is 0. The van der Waals surface area contributed by atoms with E-state index < -0.39 is 5.97 Å². The van der Waals surface area contributed by atoms with Crippen molar-refractivity contribution in [2.24, 2.45) is 5.92 Å². The van der Waals surface area contributed by atoms with E-state index in [0.717, 1.165) is 0 Å². The van der Waals surface area contributed by atoms with Gasteiger partial charge in [-0.2, -0.15) is 0 Å². The van der Waals surface area contributed by atoms with Crippen LogP contribution in [0, 0.1) is 18.3 Å². The second-order valence-corrected chi connectivity index (χ2v) is 4.06. The highest BCUT2D eigenvalue weighted by Gasteiger charge is 2.31. The Balaban J connectivity index is 2.13. The maximum Gasteiger partial charge on any atom is 0.341 e. The third-order valence-electron chi connectivity index (χ3n) is 2.75. The van der Waals surface area contributed by atoms with Gasteiger partial charge >= 0.3 is 5.97 Å². The van der Waals surface area contributed by atoms with Crippen molar-refractivity contribution < 1.29 is 14.3 Å². The van der Waals surface area contributed by atoms with E-state index in [-0.39, 0.29) is 29.9 Å². The predicted octanol–water partition coefficient (Wildman–Crippen LogP) is 0.639. The minimum atomic E-state index is -0.483. The summed E-state index contributed by atoms with van der Waals surface area (Å²) in [6.45, 7) is 2.42. The number of amides is 1. The number of carbonyl (C=O) groups is 2. The Morgan fingerprint density at radius 3 is 2.79 bits per heavy atom. The molecule has 98 valence electrons. The molecule has 1 unspecified atom stereocenters. The van der Waals surface area contributed by atoms with Gasteiger partial charge in [-0.15, -0.1) is 12.3 Å². The van der Waals surface area contributed by atoms with Crippen molar-refractivity contribution in [2.75, 3.05) is 18.1 Å². The highest BCUT2D eigenvalue weighted by Crippen LogP contribution is 2.21. The van der Waals surface area contributed by atoms with E-state index in [0.29, 0.717) is 13.0 Å². The lowest BCUT2D eigenvalue weighted by Gasteiger charge is -2.13. The van der Waals surface area contributed by atoms with E-state index in [1.807, 2.05) is 0 Å². The van der Waals surface area contributed by atoms with Gasteiger partial charge in [0.15, 0.2) is 0 Å². The molecule has 0 bridgehead atoms. The van der Waals surface area contributed by atoms with Crippen LogP contribution in [0.2, 0.25) is 0 Å². The lowest BCUT2D eigenvalue weighted by atomic mass is 10.1. The van der Waals surface area contributed by atoms with Crippen LogP contribution in [-0.4, -0.2) is 35.0 Å². The fourth-order valence-electron chi connectivity index (χ4n) is 1.79. The number of hydrogen-bond donors (Lipinski definition) is 0. The van der Waals surface area contributed by atoms with Gasteiger partial charge in [-0.25, -0.2) is 14.8 Å². The molecule has 0 aromatic carbocycles. The van der Waals surface area contributed by atoms with E-state index in [1.54, 1.807) is 6.92 Å². The molecule has 6 heteroatoms. The van der Waals surface area contributed by atoms with E-state index in [1.165, 1.54) is 17.3 Å². The molecule has 1 saturated heterocycles. The minimum absolute atomic E-state index is 0.105. The molecule has 0 spiro atoms. The number of carbonyl (C=O) groups excluding carboxylic acids is 2. The Kier molecular flexibility index (Phi) is 3.76. The number of esters is 1. The number of rotatable bonds is 3. The fraction of sp³-hybridized carbons (Fsp3) is 0.385. The summed E-state index contributed by atoms with van der Waals surface area (Å²) in [6, 6.07) is 0. The van der Waals surface area contributed by atoms with Gasteiger partial charge < -0.3 is 4.74 Å².